The van der Waals surface area contributed by atoms with Crippen LogP contribution in [-0.2, 0) is 9.53 Å². The van der Waals surface area contributed by atoms with Gasteiger partial charge in [0.05, 0.1) is 32.2 Å². The molecule has 1 atom stereocenters. The maximum Gasteiger partial charge on any atom is 0.249 e. The molecule has 0 radical (unpaired) electrons. The van der Waals surface area contributed by atoms with Gasteiger partial charge in [0.25, 0.3) is 0 Å². The lowest BCUT2D eigenvalue weighted by atomic mass is 10.0. The average Bonchev–Trinajstić information content (AvgIpc) is 3.56. The topological polar surface area (TPSA) is 140 Å². The van der Waals surface area contributed by atoms with Gasteiger partial charge in [-0.05, 0) is 31.4 Å². The highest BCUT2D eigenvalue weighted by atomic mass is 16.5. The molecule has 1 amide bonds. The molecule has 4 rings (SSSR count). The summed E-state index contributed by atoms with van der Waals surface area (Å²) in [6.07, 6.45) is 14.5. The average molecular weight is 590 g/mol. The number of ether oxygens (including phenoxy) is 2. The number of hydrogen-bond donors (Lipinski definition) is 4. The predicted molar refractivity (Wildman–Crippen MR) is 169 cm³/mol. The van der Waals surface area contributed by atoms with Gasteiger partial charge in [0.2, 0.25) is 11.9 Å². The van der Waals surface area contributed by atoms with Crippen LogP contribution in [0.1, 0.15) is 51.0 Å². The number of carbonyl (C=O) groups excluding carboxylic acids is 1. The van der Waals surface area contributed by atoms with E-state index in [1.54, 1.807) is 31.5 Å². The number of rotatable bonds is 16. The van der Waals surface area contributed by atoms with Crippen molar-refractivity contribution in [1.29, 1.82) is 5.53 Å². The van der Waals surface area contributed by atoms with Gasteiger partial charge in [0.1, 0.15) is 23.2 Å². The van der Waals surface area contributed by atoms with E-state index in [0.29, 0.717) is 61.2 Å². The van der Waals surface area contributed by atoms with E-state index in [9.17, 15) is 4.79 Å². The molecule has 0 unspecified atom stereocenters. The monoisotopic (exact) mass is 589 g/mol. The van der Waals surface area contributed by atoms with Crippen molar-refractivity contribution in [2.75, 3.05) is 62.1 Å². The lowest BCUT2D eigenvalue weighted by Crippen LogP contribution is -2.55. The Kier molecular flexibility index (Phi) is 11.7. The minimum Gasteiger partial charge on any atom is -0.495 e. The van der Waals surface area contributed by atoms with E-state index >= 15 is 0 Å². The maximum atomic E-state index is 13.2. The Hall–Kier alpha value is -4.21. The molecule has 0 spiro atoms. The maximum absolute atomic E-state index is 13.2. The van der Waals surface area contributed by atoms with E-state index in [4.69, 9.17) is 26.4 Å². The normalized spacial score (nSPS) is 17.0. The summed E-state index contributed by atoms with van der Waals surface area (Å²) in [5.74, 6) is 4.42. The molecule has 1 saturated carbocycles. The van der Waals surface area contributed by atoms with Crippen molar-refractivity contribution >= 4 is 34.7 Å². The molecule has 1 aromatic heterocycles. The van der Waals surface area contributed by atoms with Gasteiger partial charge in [-0.2, -0.15) is 10.1 Å². The first-order valence-corrected chi connectivity index (χ1v) is 14.9. The number of aromatic nitrogens is 2. The van der Waals surface area contributed by atoms with Crippen molar-refractivity contribution in [2.45, 2.75) is 57.5 Å². The van der Waals surface area contributed by atoms with Crippen LogP contribution in [0.25, 0.3) is 5.70 Å². The van der Waals surface area contributed by atoms with Crippen LogP contribution < -0.4 is 30.5 Å². The third kappa shape index (κ3) is 7.80. The second kappa shape index (κ2) is 15.9. The standard InChI is InChI=1S/C31H43N9O3/c1-5-7-14-33-15-17-43-18-16-34-20-25(38-32)22-12-13-24(28(19-22)42-4)36-31-35-21-27-29(37-31)40(23-10-8-9-11-23)26(6-2)30(41)39(27)3/h1,12-13,19-21,23,26,32-34H,6-11,14-18H2,2-4H3,(H,35,36,37)/b25-20-,38-32?/t26-/m1/s1. The van der Waals surface area contributed by atoms with E-state index < -0.39 is 0 Å². The highest BCUT2D eigenvalue weighted by Crippen LogP contribution is 2.40. The zero-order valence-electron chi connectivity index (χ0n) is 25.4. The number of nitrogens with zero attached hydrogens (tertiary/aromatic N) is 5. The van der Waals surface area contributed by atoms with Gasteiger partial charge < -0.3 is 35.2 Å². The minimum atomic E-state index is -0.239. The lowest BCUT2D eigenvalue weighted by Gasteiger charge is -2.43. The first-order valence-electron chi connectivity index (χ1n) is 14.9. The molecule has 0 saturated heterocycles. The van der Waals surface area contributed by atoms with Crippen molar-refractivity contribution in [3.63, 3.8) is 0 Å². The molecule has 12 heteroatoms. The van der Waals surface area contributed by atoms with Crippen LogP contribution in [0.2, 0.25) is 0 Å². The Labute approximate surface area is 254 Å². The molecule has 0 bridgehead atoms. The number of hydrogen-bond acceptors (Lipinski definition) is 11. The molecule has 43 heavy (non-hydrogen) atoms. The number of carbonyl (C=O) groups is 1. The smallest absolute Gasteiger partial charge is 0.249 e. The molecule has 1 aromatic carbocycles. The van der Waals surface area contributed by atoms with E-state index in [0.717, 1.165) is 50.3 Å². The molecule has 2 heterocycles. The Morgan fingerprint density at radius 1 is 1.26 bits per heavy atom. The van der Waals surface area contributed by atoms with Gasteiger partial charge in [-0.15, -0.1) is 12.3 Å². The van der Waals surface area contributed by atoms with Crippen molar-refractivity contribution < 1.29 is 14.3 Å². The summed E-state index contributed by atoms with van der Waals surface area (Å²) in [4.78, 5) is 26.5. The summed E-state index contributed by atoms with van der Waals surface area (Å²) < 4.78 is 11.3. The van der Waals surface area contributed by atoms with Crippen LogP contribution in [-0.4, -0.2) is 75.0 Å². The second-order valence-electron chi connectivity index (χ2n) is 10.5. The molecule has 230 valence electrons. The van der Waals surface area contributed by atoms with Gasteiger partial charge >= 0.3 is 0 Å². The summed E-state index contributed by atoms with van der Waals surface area (Å²) in [5.41, 5.74) is 10.2. The third-order valence-corrected chi connectivity index (χ3v) is 7.78. The summed E-state index contributed by atoms with van der Waals surface area (Å²) >= 11 is 0. The second-order valence-corrected chi connectivity index (χ2v) is 10.5. The molecule has 12 nitrogen and oxygen atoms in total. The molecule has 2 aromatic rings. The first-order chi connectivity index (χ1) is 21.0. The minimum absolute atomic E-state index is 0.0819. The highest BCUT2D eigenvalue weighted by Gasteiger charge is 2.41. The van der Waals surface area contributed by atoms with Crippen LogP contribution in [0.3, 0.4) is 0 Å². The predicted octanol–water partition coefficient (Wildman–Crippen LogP) is 4.28. The van der Waals surface area contributed by atoms with E-state index in [1.807, 2.05) is 18.2 Å². The molecule has 2 aliphatic rings. The van der Waals surface area contributed by atoms with Crippen molar-refractivity contribution in [3.05, 3.63) is 36.2 Å². The number of anilines is 4. The molecule has 4 N–H and O–H groups in total. The number of benzene rings is 1. The quantitative estimate of drug-likeness (QED) is 0.128. The van der Waals surface area contributed by atoms with Crippen LogP contribution in [0.15, 0.2) is 35.7 Å². The highest BCUT2D eigenvalue weighted by molar-refractivity contribution is 6.04. The first kappa shape index (κ1) is 31.7. The summed E-state index contributed by atoms with van der Waals surface area (Å²) in [7, 11) is 3.38. The number of fused-ring (bicyclic) bond motifs is 1. The Morgan fingerprint density at radius 3 is 2.77 bits per heavy atom. The van der Waals surface area contributed by atoms with Gasteiger partial charge in [-0.1, -0.05) is 25.8 Å². The van der Waals surface area contributed by atoms with Crippen molar-refractivity contribution in [1.82, 2.24) is 20.6 Å². The fraction of sp³-hybridized carbons (Fsp3) is 0.516. The lowest BCUT2D eigenvalue weighted by molar-refractivity contribution is -0.120. The van der Waals surface area contributed by atoms with Gasteiger partial charge in [-0.25, -0.2) is 10.5 Å². The summed E-state index contributed by atoms with van der Waals surface area (Å²) in [6, 6.07) is 5.58. The number of methoxy groups -OCH3 is 1. The fourth-order valence-corrected chi connectivity index (χ4v) is 5.53. The third-order valence-electron chi connectivity index (χ3n) is 7.78. The number of amides is 1. The van der Waals surface area contributed by atoms with Crippen LogP contribution in [0.4, 0.5) is 23.1 Å². The molecule has 1 fully saturated rings. The van der Waals surface area contributed by atoms with E-state index in [1.165, 1.54) is 0 Å². The van der Waals surface area contributed by atoms with Gasteiger partial charge in [-0.3, -0.25) is 4.79 Å². The summed E-state index contributed by atoms with van der Waals surface area (Å²) in [5, 5.41) is 13.3. The Morgan fingerprint density at radius 2 is 2.05 bits per heavy atom. The Bertz CT molecular complexity index is 1320. The molecule has 1 aliphatic heterocycles. The zero-order valence-corrected chi connectivity index (χ0v) is 25.4. The van der Waals surface area contributed by atoms with Crippen LogP contribution in [0, 0.1) is 17.9 Å². The molecular weight excluding hydrogens is 546 g/mol. The van der Waals surface area contributed by atoms with Crippen molar-refractivity contribution in [3.8, 4) is 18.1 Å². The van der Waals surface area contributed by atoms with Gasteiger partial charge in [0.15, 0.2) is 5.82 Å². The SMILES string of the molecule is C#CCCNCCOCCN/C=C(\N=N)c1ccc(Nc2ncc3c(n2)N(C2CCCC2)[C@H](CC)C(=O)N3C)c(OC)c1. The van der Waals surface area contributed by atoms with Gasteiger partial charge in [0, 0.05) is 50.9 Å². The van der Waals surface area contributed by atoms with Crippen LogP contribution in [0.5, 0.6) is 5.75 Å². The fourth-order valence-electron chi connectivity index (χ4n) is 5.53. The van der Waals surface area contributed by atoms with Crippen molar-refractivity contribution in [2.24, 2.45) is 5.11 Å². The largest absolute Gasteiger partial charge is 0.495 e. The molecular formula is C31H43N9O3. The summed E-state index contributed by atoms with van der Waals surface area (Å²) in [6.45, 7) is 5.27. The molecule has 1 aliphatic carbocycles. The number of nitrogens with one attached hydrogen (secondary N) is 4. The zero-order chi connectivity index (χ0) is 30.6. The number of likely N-dealkylation sites (N-methyl/N-ethyl adjacent to an activating group) is 1. The van der Waals surface area contributed by atoms with E-state index in [-0.39, 0.29) is 18.0 Å². The van der Waals surface area contributed by atoms with E-state index in [2.05, 4.69) is 43.8 Å². The Balaban J connectivity index is 1.44. The van der Waals surface area contributed by atoms with Crippen LogP contribution >= 0.6 is 0 Å². The number of terminal acetylenes is 1.